The fraction of sp³-hybridized carbons (Fsp3) is 0.833. The van der Waals surface area contributed by atoms with Crippen LogP contribution < -0.4 is 16.2 Å². The molecule has 0 aromatic rings. The first-order chi connectivity index (χ1) is 8.59. The van der Waals surface area contributed by atoms with Gasteiger partial charge in [-0.2, -0.15) is 10.2 Å². The molecule has 19 heavy (non-hydrogen) atoms. The second-order valence-electron chi connectivity index (χ2n) is 6.27. The summed E-state index contributed by atoms with van der Waals surface area (Å²) in [7, 11) is 0. The summed E-state index contributed by atoms with van der Waals surface area (Å²) < 4.78 is 0. The van der Waals surface area contributed by atoms with Gasteiger partial charge in [-0.15, -0.1) is 0 Å². The van der Waals surface area contributed by atoms with Crippen LogP contribution in [0.2, 0.25) is 0 Å². The van der Waals surface area contributed by atoms with E-state index in [2.05, 4.69) is 26.4 Å². The van der Waals surface area contributed by atoms with Crippen LogP contribution in [0, 0.1) is 5.92 Å². The van der Waals surface area contributed by atoms with Crippen molar-refractivity contribution in [1.29, 1.82) is 0 Å². The highest BCUT2D eigenvalue weighted by Gasteiger charge is 2.29. The third kappa shape index (κ3) is 7.05. The number of nitrogens with zero attached hydrogens (tertiary/aromatic N) is 2. The van der Waals surface area contributed by atoms with E-state index < -0.39 is 5.66 Å². The monoisotopic (exact) mass is 285 g/mol. The molecular formula is C12H23N5OS. The van der Waals surface area contributed by atoms with Crippen LogP contribution in [-0.2, 0) is 4.79 Å². The van der Waals surface area contributed by atoms with E-state index in [0.29, 0.717) is 5.11 Å². The predicted octanol–water partition coefficient (Wildman–Crippen LogP) is 1.88. The minimum Gasteiger partial charge on any atom is -0.336 e. The van der Waals surface area contributed by atoms with Gasteiger partial charge in [0, 0.05) is 5.92 Å². The van der Waals surface area contributed by atoms with Crippen LogP contribution in [0.15, 0.2) is 10.2 Å². The van der Waals surface area contributed by atoms with Crippen molar-refractivity contribution in [3.8, 4) is 0 Å². The van der Waals surface area contributed by atoms with E-state index in [1.54, 1.807) is 0 Å². The number of nitrogens with one attached hydrogen (secondary N) is 3. The Morgan fingerprint density at radius 3 is 2.16 bits per heavy atom. The summed E-state index contributed by atoms with van der Waals surface area (Å²) in [6.07, 6.45) is 1.91. The van der Waals surface area contributed by atoms with E-state index in [4.69, 9.17) is 12.2 Å². The summed E-state index contributed by atoms with van der Waals surface area (Å²) in [6.45, 7) is 9.63. The van der Waals surface area contributed by atoms with E-state index in [9.17, 15) is 4.79 Å². The van der Waals surface area contributed by atoms with E-state index in [1.165, 1.54) is 0 Å². The van der Waals surface area contributed by atoms with E-state index in [0.717, 1.165) is 12.8 Å². The van der Waals surface area contributed by atoms with Crippen molar-refractivity contribution in [1.82, 2.24) is 16.2 Å². The quantitative estimate of drug-likeness (QED) is 0.420. The largest absolute Gasteiger partial charge is 0.336 e. The Morgan fingerprint density at radius 2 is 1.68 bits per heavy atom. The van der Waals surface area contributed by atoms with Gasteiger partial charge < -0.3 is 5.32 Å². The molecular weight excluding hydrogens is 262 g/mol. The minimum absolute atomic E-state index is 0.0155. The zero-order valence-corrected chi connectivity index (χ0v) is 13.0. The lowest BCUT2D eigenvalue weighted by molar-refractivity contribution is -0.122. The van der Waals surface area contributed by atoms with E-state index >= 15 is 0 Å². The minimum atomic E-state index is -0.623. The molecule has 1 aliphatic rings. The van der Waals surface area contributed by atoms with Crippen LogP contribution in [0.1, 0.15) is 47.5 Å². The summed E-state index contributed by atoms with van der Waals surface area (Å²) >= 11 is 5.10. The molecule has 0 heterocycles. The number of rotatable bonds is 3. The van der Waals surface area contributed by atoms with Gasteiger partial charge in [-0.3, -0.25) is 15.6 Å². The topological polar surface area (TPSA) is 77.9 Å². The Labute approximate surface area is 119 Å². The number of azo groups is 1. The Bertz CT molecular complexity index is 382. The van der Waals surface area contributed by atoms with Gasteiger partial charge in [-0.25, -0.2) is 0 Å². The van der Waals surface area contributed by atoms with Crippen molar-refractivity contribution in [2.24, 2.45) is 16.1 Å². The number of hydrogen-bond donors (Lipinski definition) is 3. The Hall–Kier alpha value is -1.24. The molecule has 1 amide bonds. The maximum Gasteiger partial charge on any atom is 0.241 e. The van der Waals surface area contributed by atoms with Gasteiger partial charge in [0.05, 0.1) is 5.54 Å². The molecule has 0 unspecified atom stereocenters. The molecule has 1 fully saturated rings. The molecule has 1 aliphatic carbocycles. The standard InChI is InChI=1S/C12H23N5OS/c1-11(2,3)16-17-12(4,5)13-10(19)15-14-9(18)8-6-7-8/h8H,6-7H2,1-5H3,(H,14,18)(H2,13,15,19). The molecule has 1 rings (SSSR count). The number of amides is 1. The molecule has 0 spiro atoms. The first kappa shape index (κ1) is 15.8. The molecule has 0 radical (unpaired) electrons. The molecule has 0 aromatic heterocycles. The lowest BCUT2D eigenvalue weighted by Gasteiger charge is -2.24. The number of carbonyl (C=O) groups is 1. The Morgan fingerprint density at radius 1 is 1.11 bits per heavy atom. The van der Waals surface area contributed by atoms with E-state index in [1.807, 2.05) is 34.6 Å². The summed E-state index contributed by atoms with van der Waals surface area (Å²) in [6, 6.07) is 0. The zero-order valence-electron chi connectivity index (χ0n) is 12.2. The number of carbonyl (C=O) groups excluding carboxylic acids is 1. The second-order valence-corrected chi connectivity index (χ2v) is 6.68. The first-order valence-electron chi connectivity index (χ1n) is 6.41. The van der Waals surface area contributed by atoms with Crippen LogP contribution in [0.4, 0.5) is 0 Å². The normalized spacial score (nSPS) is 16.3. The average Bonchev–Trinajstić information content (AvgIpc) is 3.05. The second kappa shape index (κ2) is 5.81. The lowest BCUT2D eigenvalue weighted by Crippen LogP contribution is -2.52. The van der Waals surface area contributed by atoms with E-state index in [-0.39, 0.29) is 17.4 Å². The molecule has 0 saturated heterocycles. The maximum atomic E-state index is 11.4. The van der Waals surface area contributed by atoms with Crippen molar-refractivity contribution < 1.29 is 4.79 Å². The highest BCUT2D eigenvalue weighted by atomic mass is 32.1. The highest BCUT2D eigenvalue weighted by Crippen LogP contribution is 2.28. The molecule has 0 atom stereocenters. The number of hydrogen-bond acceptors (Lipinski definition) is 4. The first-order valence-corrected chi connectivity index (χ1v) is 6.82. The number of hydrazine groups is 1. The SMILES string of the molecule is CC(C)(C)N=NC(C)(C)NC(=S)NNC(=O)C1CC1. The Balaban J connectivity index is 2.37. The molecule has 108 valence electrons. The molecule has 1 saturated carbocycles. The van der Waals surface area contributed by atoms with Gasteiger partial charge in [-0.05, 0) is 59.7 Å². The molecule has 0 bridgehead atoms. The summed E-state index contributed by atoms with van der Waals surface area (Å²) in [5.41, 5.74) is 4.40. The number of thiocarbonyl (C=S) groups is 1. The van der Waals surface area contributed by atoms with Crippen LogP contribution in [0.25, 0.3) is 0 Å². The fourth-order valence-electron chi connectivity index (χ4n) is 1.18. The van der Waals surface area contributed by atoms with Gasteiger partial charge in [-0.1, -0.05) is 0 Å². The summed E-state index contributed by atoms with van der Waals surface area (Å²) in [5.74, 6) is 0.127. The van der Waals surface area contributed by atoms with Gasteiger partial charge >= 0.3 is 0 Å². The third-order valence-corrected chi connectivity index (χ3v) is 2.47. The summed E-state index contributed by atoms with van der Waals surface area (Å²) in [4.78, 5) is 11.4. The molecule has 3 N–H and O–H groups in total. The molecule has 6 nitrogen and oxygen atoms in total. The molecule has 0 aromatic carbocycles. The van der Waals surface area contributed by atoms with Gasteiger partial charge in [0.15, 0.2) is 5.11 Å². The Kier molecular flexibility index (Phi) is 4.84. The van der Waals surface area contributed by atoms with Gasteiger partial charge in [0.2, 0.25) is 5.91 Å². The van der Waals surface area contributed by atoms with Gasteiger partial charge in [0.1, 0.15) is 5.66 Å². The van der Waals surface area contributed by atoms with Crippen molar-refractivity contribution in [3.05, 3.63) is 0 Å². The predicted molar refractivity (Wildman–Crippen MR) is 78.4 cm³/mol. The third-order valence-electron chi connectivity index (χ3n) is 2.27. The zero-order chi connectivity index (χ0) is 14.7. The smallest absolute Gasteiger partial charge is 0.241 e. The van der Waals surface area contributed by atoms with Crippen molar-refractivity contribution in [2.75, 3.05) is 0 Å². The van der Waals surface area contributed by atoms with Crippen LogP contribution in [0.5, 0.6) is 0 Å². The average molecular weight is 285 g/mol. The van der Waals surface area contributed by atoms with Crippen molar-refractivity contribution in [2.45, 2.75) is 58.7 Å². The van der Waals surface area contributed by atoms with Crippen molar-refractivity contribution in [3.63, 3.8) is 0 Å². The van der Waals surface area contributed by atoms with Crippen LogP contribution in [0.3, 0.4) is 0 Å². The molecule has 7 heteroatoms. The highest BCUT2D eigenvalue weighted by molar-refractivity contribution is 7.80. The lowest BCUT2D eigenvalue weighted by atomic mass is 10.1. The fourth-order valence-corrected chi connectivity index (χ4v) is 1.48. The maximum absolute atomic E-state index is 11.4. The molecule has 0 aliphatic heterocycles. The van der Waals surface area contributed by atoms with Crippen molar-refractivity contribution >= 4 is 23.2 Å². The van der Waals surface area contributed by atoms with Gasteiger partial charge in [0.25, 0.3) is 0 Å². The van der Waals surface area contributed by atoms with Crippen LogP contribution in [-0.4, -0.2) is 22.2 Å². The van der Waals surface area contributed by atoms with Crippen LogP contribution >= 0.6 is 12.2 Å². The summed E-state index contributed by atoms with van der Waals surface area (Å²) in [5, 5.41) is 11.7.